The molecule has 15 heavy (non-hydrogen) atoms. The van der Waals surface area contributed by atoms with Gasteiger partial charge in [-0.15, -0.1) is 0 Å². The lowest BCUT2D eigenvalue weighted by Gasteiger charge is -2.25. The molecule has 1 heterocycles. The fraction of sp³-hybridized carbons (Fsp3) is 0.300. The molecule has 2 rings (SSSR count). The molecule has 0 fully saturated rings. The van der Waals surface area contributed by atoms with Gasteiger partial charge in [-0.25, -0.2) is 0 Å². The Bertz CT molecular complexity index is 398. The Kier molecular flexibility index (Phi) is 2.17. The van der Waals surface area contributed by atoms with Crippen molar-refractivity contribution in [1.29, 1.82) is 0 Å². The van der Waals surface area contributed by atoms with Gasteiger partial charge in [0.1, 0.15) is 5.75 Å². The van der Waals surface area contributed by atoms with Crippen LogP contribution in [-0.4, -0.2) is 12.1 Å². The summed E-state index contributed by atoms with van der Waals surface area (Å²) in [5.74, 6) is -2.57. The lowest BCUT2D eigenvalue weighted by Crippen LogP contribution is -2.29. The molecule has 1 aromatic rings. The van der Waals surface area contributed by atoms with Crippen molar-refractivity contribution < 1.29 is 22.7 Å². The lowest BCUT2D eigenvalue weighted by atomic mass is 9.92. The topological polar surface area (TPSA) is 26.3 Å². The molecule has 0 radical (unpaired) electrons. The normalized spacial score (nSPS) is 20.7. The van der Waals surface area contributed by atoms with Crippen LogP contribution >= 0.6 is 0 Å². The van der Waals surface area contributed by atoms with Gasteiger partial charge in [0, 0.05) is 5.56 Å². The van der Waals surface area contributed by atoms with Crippen LogP contribution in [0.15, 0.2) is 24.3 Å². The monoisotopic (exact) mass is 216 g/mol. The van der Waals surface area contributed by atoms with Gasteiger partial charge in [-0.1, -0.05) is 18.2 Å². The van der Waals surface area contributed by atoms with Crippen molar-refractivity contribution >= 4 is 5.97 Å². The third-order valence-electron chi connectivity index (χ3n) is 2.28. The maximum Gasteiger partial charge on any atom is 0.396 e. The number of benzene rings is 1. The van der Waals surface area contributed by atoms with Crippen molar-refractivity contribution in [2.45, 2.75) is 18.5 Å². The Morgan fingerprint density at radius 3 is 2.60 bits per heavy atom. The average Bonchev–Trinajstić information content (AvgIpc) is 2.15. The number of hydrogen-bond donors (Lipinski definition) is 0. The molecule has 5 heteroatoms. The van der Waals surface area contributed by atoms with Gasteiger partial charge in [-0.2, -0.15) is 13.2 Å². The minimum atomic E-state index is -4.41. The molecule has 0 aromatic heterocycles. The smallest absolute Gasteiger partial charge is 0.396 e. The van der Waals surface area contributed by atoms with Crippen molar-refractivity contribution in [2.75, 3.05) is 0 Å². The zero-order valence-corrected chi connectivity index (χ0v) is 7.54. The van der Waals surface area contributed by atoms with E-state index in [1.165, 1.54) is 24.3 Å². The van der Waals surface area contributed by atoms with Crippen molar-refractivity contribution in [1.82, 2.24) is 0 Å². The molecule has 1 aliphatic rings. The number of esters is 1. The van der Waals surface area contributed by atoms with E-state index in [9.17, 15) is 18.0 Å². The first-order valence-corrected chi connectivity index (χ1v) is 4.35. The fourth-order valence-corrected chi connectivity index (χ4v) is 1.59. The highest BCUT2D eigenvalue weighted by Gasteiger charge is 2.45. The molecule has 0 amide bonds. The summed E-state index contributed by atoms with van der Waals surface area (Å²) in [7, 11) is 0. The van der Waals surface area contributed by atoms with Gasteiger partial charge < -0.3 is 4.74 Å². The number of hydrogen-bond acceptors (Lipinski definition) is 2. The van der Waals surface area contributed by atoms with Crippen molar-refractivity contribution in [3.63, 3.8) is 0 Å². The van der Waals surface area contributed by atoms with E-state index in [1.54, 1.807) is 0 Å². The maximum absolute atomic E-state index is 12.6. The van der Waals surface area contributed by atoms with Gasteiger partial charge in [0.05, 0.1) is 12.3 Å². The molecule has 1 aromatic carbocycles. The van der Waals surface area contributed by atoms with E-state index in [2.05, 4.69) is 0 Å². The second kappa shape index (κ2) is 3.25. The number of carbonyl (C=O) groups excluding carboxylic acids is 1. The Balaban J connectivity index is 2.47. The molecular weight excluding hydrogens is 209 g/mol. The van der Waals surface area contributed by atoms with Crippen LogP contribution in [0.3, 0.4) is 0 Å². The number of para-hydroxylation sites is 1. The Hall–Kier alpha value is -1.52. The number of halogens is 3. The molecule has 1 unspecified atom stereocenters. The highest BCUT2D eigenvalue weighted by atomic mass is 19.4. The summed E-state index contributed by atoms with van der Waals surface area (Å²) in [6, 6.07) is 5.73. The molecule has 0 saturated heterocycles. The van der Waals surface area contributed by atoms with E-state index in [0.717, 1.165) is 0 Å². The highest BCUT2D eigenvalue weighted by molar-refractivity contribution is 5.76. The minimum absolute atomic E-state index is 0.0103. The van der Waals surface area contributed by atoms with Gasteiger partial charge >= 0.3 is 12.1 Å². The summed E-state index contributed by atoms with van der Waals surface area (Å²) in [5, 5.41) is 0. The van der Waals surface area contributed by atoms with E-state index in [4.69, 9.17) is 4.74 Å². The van der Waals surface area contributed by atoms with Crippen LogP contribution < -0.4 is 4.74 Å². The zero-order valence-electron chi connectivity index (χ0n) is 7.54. The molecule has 1 aliphatic heterocycles. The largest absolute Gasteiger partial charge is 0.426 e. The van der Waals surface area contributed by atoms with Gasteiger partial charge in [-0.3, -0.25) is 4.79 Å². The minimum Gasteiger partial charge on any atom is -0.426 e. The first-order chi connectivity index (χ1) is 6.98. The number of fused-ring (bicyclic) bond motifs is 1. The first kappa shape index (κ1) is 10.0. The summed E-state index contributed by atoms with van der Waals surface area (Å²) in [6.45, 7) is 0. The molecule has 2 nitrogen and oxygen atoms in total. The molecule has 0 spiro atoms. The second-order valence-corrected chi connectivity index (χ2v) is 3.31. The number of alkyl halides is 3. The third kappa shape index (κ3) is 1.82. The standard InChI is InChI=1S/C10H7F3O2/c11-10(12,13)7-5-9(14)15-8-4-2-1-3-6(7)8/h1-4,7H,5H2. The maximum atomic E-state index is 12.6. The van der Waals surface area contributed by atoms with Crippen LogP contribution in [0, 0.1) is 0 Å². The number of rotatable bonds is 0. The van der Waals surface area contributed by atoms with E-state index in [-0.39, 0.29) is 11.3 Å². The molecule has 80 valence electrons. The summed E-state index contributed by atoms with van der Waals surface area (Å²) in [5.41, 5.74) is 0.0320. The predicted octanol–water partition coefficient (Wildman–Crippen LogP) is 2.64. The zero-order chi connectivity index (χ0) is 11.1. The van der Waals surface area contributed by atoms with Crippen LogP contribution in [0.4, 0.5) is 13.2 Å². The average molecular weight is 216 g/mol. The predicted molar refractivity (Wildman–Crippen MR) is 45.5 cm³/mol. The van der Waals surface area contributed by atoms with Crippen LogP contribution in [0.25, 0.3) is 0 Å². The van der Waals surface area contributed by atoms with Gasteiger partial charge in [0.2, 0.25) is 0 Å². The molecule has 0 saturated carbocycles. The number of carbonyl (C=O) groups is 1. The van der Waals surface area contributed by atoms with Crippen LogP contribution in [0.2, 0.25) is 0 Å². The summed E-state index contributed by atoms with van der Waals surface area (Å²) in [4.78, 5) is 11.0. The van der Waals surface area contributed by atoms with Crippen molar-refractivity contribution in [3.05, 3.63) is 29.8 Å². The quantitative estimate of drug-likeness (QED) is 0.492. The van der Waals surface area contributed by atoms with Gasteiger partial charge in [-0.05, 0) is 6.07 Å². The van der Waals surface area contributed by atoms with E-state index in [0.29, 0.717) is 0 Å². The SMILES string of the molecule is O=C1CC(C(F)(F)F)c2ccccc2O1. The fourth-order valence-electron chi connectivity index (χ4n) is 1.59. The Morgan fingerprint density at radius 2 is 1.93 bits per heavy atom. The van der Waals surface area contributed by atoms with Crippen LogP contribution in [-0.2, 0) is 4.79 Å². The summed E-state index contributed by atoms with van der Waals surface area (Å²) >= 11 is 0. The molecule has 0 N–H and O–H groups in total. The Labute approximate surface area is 83.7 Å². The highest BCUT2D eigenvalue weighted by Crippen LogP contribution is 2.43. The van der Waals surface area contributed by atoms with Crippen molar-refractivity contribution in [2.24, 2.45) is 0 Å². The molecule has 1 atom stereocenters. The Morgan fingerprint density at radius 1 is 1.27 bits per heavy atom. The first-order valence-electron chi connectivity index (χ1n) is 4.35. The summed E-state index contributed by atoms with van der Waals surface area (Å²) in [6.07, 6.45) is -5.05. The third-order valence-corrected chi connectivity index (χ3v) is 2.28. The van der Waals surface area contributed by atoms with Gasteiger partial charge in [0.25, 0.3) is 0 Å². The van der Waals surface area contributed by atoms with E-state index >= 15 is 0 Å². The van der Waals surface area contributed by atoms with Crippen LogP contribution in [0.1, 0.15) is 17.9 Å². The van der Waals surface area contributed by atoms with Crippen LogP contribution in [0.5, 0.6) is 5.75 Å². The second-order valence-electron chi connectivity index (χ2n) is 3.31. The summed E-state index contributed by atoms with van der Waals surface area (Å²) < 4.78 is 42.5. The molecule has 0 aliphatic carbocycles. The van der Waals surface area contributed by atoms with E-state index < -0.39 is 24.5 Å². The lowest BCUT2D eigenvalue weighted by molar-refractivity contribution is -0.165. The van der Waals surface area contributed by atoms with E-state index in [1.807, 2.05) is 0 Å². The van der Waals surface area contributed by atoms with Gasteiger partial charge in [0.15, 0.2) is 0 Å². The number of ether oxygens (including phenoxy) is 1. The van der Waals surface area contributed by atoms with Crippen molar-refractivity contribution in [3.8, 4) is 5.75 Å². The molecular formula is C10H7F3O2. The molecule has 0 bridgehead atoms.